The SMILES string of the molecule is CCN1CCN(c2ncnc(NNC(=O)c3ccc(Cl)c([N+](=O)[O-])c3)c2[N+](=O)[O-])CC1. The Hall–Kier alpha value is -3.58. The van der Waals surface area contributed by atoms with Gasteiger partial charge in [-0.1, -0.05) is 18.5 Å². The van der Waals surface area contributed by atoms with Crippen LogP contribution in [0.1, 0.15) is 17.3 Å². The number of carbonyl (C=O) groups is 1. The van der Waals surface area contributed by atoms with Gasteiger partial charge in [0, 0.05) is 37.8 Å². The van der Waals surface area contributed by atoms with Gasteiger partial charge in [-0.15, -0.1) is 0 Å². The lowest BCUT2D eigenvalue weighted by Crippen LogP contribution is -2.46. The number of nitro benzene ring substituents is 1. The van der Waals surface area contributed by atoms with Crippen molar-refractivity contribution in [2.75, 3.05) is 43.0 Å². The van der Waals surface area contributed by atoms with Crippen molar-refractivity contribution >= 4 is 40.5 Å². The zero-order valence-corrected chi connectivity index (χ0v) is 17.2. The van der Waals surface area contributed by atoms with E-state index in [4.69, 9.17) is 11.6 Å². The van der Waals surface area contributed by atoms with E-state index < -0.39 is 21.4 Å². The zero-order valence-electron chi connectivity index (χ0n) is 16.4. The number of nitrogens with one attached hydrogen (secondary N) is 2. The third-order valence-corrected chi connectivity index (χ3v) is 5.12. The summed E-state index contributed by atoms with van der Waals surface area (Å²) in [4.78, 5) is 45.7. The number of halogens is 1. The summed E-state index contributed by atoms with van der Waals surface area (Å²) in [7, 11) is 0. The van der Waals surface area contributed by atoms with Crippen LogP contribution in [0, 0.1) is 20.2 Å². The van der Waals surface area contributed by atoms with Crippen LogP contribution in [-0.4, -0.2) is 63.3 Å². The minimum Gasteiger partial charge on any atom is -0.348 e. The fraction of sp³-hybridized carbons (Fsp3) is 0.353. The Morgan fingerprint density at radius 2 is 1.87 bits per heavy atom. The molecule has 0 radical (unpaired) electrons. The molecule has 0 spiro atoms. The summed E-state index contributed by atoms with van der Waals surface area (Å²) in [6, 6.07) is 3.52. The molecule has 1 amide bonds. The molecule has 2 aromatic rings. The minimum atomic E-state index is -0.759. The van der Waals surface area contributed by atoms with Crippen molar-refractivity contribution in [2.24, 2.45) is 0 Å². The standard InChI is InChI=1S/C17H19ClN8O5/c1-2-23-5-7-24(8-6-23)16-14(26(30)31)15(19-10-20-16)21-22-17(27)11-3-4-12(18)13(9-11)25(28)29/h3-4,9-10H,2,5-8H2,1H3,(H,22,27)(H,19,20,21). The Balaban J connectivity index is 1.79. The Labute approximate surface area is 181 Å². The first-order chi connectivity index (χ1) is 14.8. The number of likely N-dealkylation sites (N-methyl/N-ethyl adjacent to an activating group) is 1. The molecule has 2 heterocycles. The van der Waals surface area contributed by atoms with Crippen molar-refractivity contribution in [3.8, 4) is 0 Å². The van der Waals surface area contributed by atoms with Crippen molar-refractivity contribution in [2.45, 2.75) is 6.92 Å². The molecule has 0 unspecified atom stereocenters. The summed E-state index contributed by atoms with van der Waals surface area (Å²) in [6.07, 6.45) is 1.16. The fourth-order valence-electron chi connectivity index (χ4n) is 3.12. The van der Waals surface area contributed by atoms with Crippen molar-refractivity contribution < 1.29 is 14.6 Å². The van der Waals surface area contributed by atoms with Gasteiger partial charge in [-0.25, -0.2) is 9.97 Å². The average molecular weight is 451 g/mol. The van der Waals surface area contributed by atoms with Crippen LogP contribution in [0.25, 0.3) is 0 Å². The van der Waals surface area contributed by atoms with E-state index in [1.54, 1.807) is 4.90 Å². The van der Waals surface area contributed by atoms with Crippen LogP contribution >= 0.6 is 11.6 Å². The second-order valence-electron chi connectivity index (χ2n) is 6.58. The third-order valence-electron chi connectivity index (χ3n) is 4.80. The first-order valence-corrected chi connectivity index (χ1v) is 9.66. The quantitative estimate of drug-likeness (QED) is 0.470. The molecule has 1 aromatic heterocycles. The lowest BCUT2D eigenvalue weighted by molar-refractivity contribution is -0.384. The third kappa shape index (κ3) is 4.95. The number of hydrazine groups is 1. The molecule has 13 nitrogen and oxygen atoms in total. The molecule has 0 saturated carbocycles. The summed E-state index contributed by atoms with van der Waals surface area (Å²) >= 11 is 5.75. The van der Waals surface area contributed by atoms with E-state index in [9.17, 15) is 25.0 Å². The zero-order chi connectivity index (χ0) is 22.5. The number of nitrogens with zero attached hydrogens (tertiary/aromatic N) is 6. The van der Waals surface area contributed by atoms with Crippen LogP contribution in [0.2, 0.25) is 5.02 Å². The molecule has 2 N–H and O–H groups in total. The molecule has 1 aliphatic heterocycles. The predicted octanol–water partition coefficient (Wildman–Crippen LogP) is 1.85. The first kappa shape index (κ1) is 22.1. The maximum absolute atomic E-state index is 12.4. The highest BCUT2D eigenvalue weighted by molar-refractivity contribution is 6.32. The van der Waals surface area contributed by atoms with Gasteiger partial charge in [0.2, 0.25) is 11.6 Å². The average Bonchev–Trinajstić information content (AvgIpc) is 2.77. The number of amides is 1. The molecule has 1 fully saturated rings. The number of nitro groups is 2. The molecule has 1 aliphatic rings. The number of carbonyl (C=O) groups excluding carboxylic acids is 1. The summed E-state index contributed by atoms with van der Waals surface area (Å²) in [5.74, 6) is -0.815. The number of rotatable bonds is 7. The summed E-state index contributed by atoms with van der Waals surface area (Å²) < 4.78 is 0. The monoisotopic (exact) mass is 450 g/mol. The molecule has 3 rings (SSSR count). The van der Waals surface area contributed by atoms with Gasteiger partial charge < -0.3 is 9.80 Å². The van der Waals surface area contributed by atoms with Crippen molar-refractivity contribution in [1.29, 1.82) is 0 Å². The van der Waals surface area contributed by atoms with E-state index >= 15 is 0 Å². The van der Waals surface area contributed by atoms with Crippen molar-refractivity contribution in [1.82, 2.24) is 20.3 Å². The normalized spacial score (nSPS) is 14.2. The van der Waals surface area contributed by atoms with Crippen molar-refractivity contribution in [3.05, 3.63) is 55.3 Å². The van der Waals surface area contributed by atoms with E-state index in [0.717, 1.165) is 32.0 Å². The van der Waals surface area contributed by atoms with Crippen LogP contribution in [0.5, 0.6) is 0 Å². The number of piperazine rings is 1. The van der Waals surface area contributed by atoms with E-state index in [-0.39, 0.29) is 27.9 Å². The molecular formula is C17H19ClN8O5. The molecule has 0 atom stereocenters. The molecule has 164 valence electrons. The van der Waals surface area contributed by atoms with Gasteiger partial charge in [-0.2, -0.15) is 0 Å². The van der Waals surface area contributed by atoms with Crippen LogP contribution in [0.15, 0.2) is 24.5 Å². The second kappa shape index (κ2) is 9.49. The summed E-state index contributed by atoms with van der Waals surface area (Å²) in [5, 5.41) is 22.6. The van der Waals surface area contributed by atoms with Gasteiger partial charge in [0.05, 0.1) is 9.85 Å². The van der Waals surface area contributed by atoms with E-state index in [0.29, 0.717) is 13.1 Å². The highest BCUT2D eigenvalue weighted by Crippen LogP contribution is 2.32. The van der Waals surface area contributed by atoms with Gasteiger partial charge in [0.25, 0.3) is 11.6 Å². The Morgan fingerprint density at radius 1 is 1.16 bits per heavy atom. The highest BCUT2D eigenvalue weighted by atomic mass is 35.5. The van der Waals surface area contributed by atoms with Gasteiger partial charge >= 0.3 is 5.69 Å². The largest absolute Gasteiger partial charge is 0.355 e. The lowest BCUT2D eigenvalue weighted by atomic mass is 10.2. The number of benzene rings is 1. The Kier molecular flexibility index (Phi) is 6.77. The Morgan fingerprint density at radius 3 is 2.48 bits per heavy atom. The maximum atomic E-state index is 12.4. The molecule has 31 heavy (non-hydrogen) atoms. The molecule has 0 bridgehead atoms. The molecule has 1 saturated heterocycles. The maximum Gasteiger partial charge on any atom is 0.355 e. The van der Waals surface area contributed by atoms with Crippen LogP contribution < -0.4 is 15.8 Å². The second-order valence-corrected chi connectivity index (χ2v) is 6.98. The van der Waals surface area contributed by atoms with E-state index in [2.05, 4.69) is 25.7 Å². The molecule has 1 aromatic carbocycles. The van der Waals surface area contributed by atoms with Crippen LogP contribution in [0.4, 0.5) is 23.0 Å². The number of anilines is 2. The van der Waals surface area contributed by atoms with Gasteiger partial charge in [0.15, 0.2) is 0 Å². The lowest BCUT2D eigenvalue weighted by Gasteiger charge is -2.34. The van der Waals surface area contributed by atoms with Gasteiger partial charge in [0.1, 0.15) is 11.3 Å². The topological polar surface area (TPSA) is 160 Å². The minimum absolute atomic E-state index is 0.0591. The molecule has 14 heteroatoms. The van der Waals surface area contributed by atoms with Gasteiger partial charge in [-0.05, 0) is 18.7 Å². The first-order valence-electron chi connectivity index (χ1n) is 9.28. The summed E-state index contributed by atoms with van der Waals surface area (Å²) in [6.45, 7) is 5.54. The van der Waals surface area contributed by atoms with Crippen LogP contribution in [0.3, 0.4) is 0 Å². The van der Waals surface area contributed by atoms with Crippen molar-refractivity contribution in [3.63, 3.8) is 0 Å². The smallest absolute Gasteiger partial charge is 0.348 e. The van der Waals surface area contributed by atoms with Crippen LogP contribution in [-0.2, 0) is 0 Å². The molecular weight excluding hydrogens is 432 g/mol. The number of hydrogen-bond acceptors (Lipinski definition) is 10. The van der Waals surface area contributed by atoms with E-state index in [1.165, 1.54) is 12.1 Å². The molecule has 0 aliphatic carbocycles. The van der Waals surface area contributed by atoms with E-state index in [1.807, 2.05) is 6.92 Å². The van der Waals surface area contributed by atoms with Gasteiger partial charge in [-0.3, -0.25) is 35.9 Å². The number of hydrogen-bond donors (Lipinski definition) is 2. The highest BCUT2D eigenvalue weighted by Gasteiger charge is 2.29. The summed E-state index contributed by atoms with van der Waals surface area (Å²) in [5.41, 5.74) is 3.82. The Bertz CT molecular complexity index is 1010. The predicted molar refractivity (Wildman–Crippen MR) is 112 cm³/mol. The fourth-order valence-corrected chi connectivity index (χ4v) is 3.30. The number of aromatic nitrogens is 2.